The topological polar surface area (TPSA) is 102 Å². The minimum Gasteiger partial charge on any atom is -0.462 e. The molecule has 1 heterocycles. The highest BCUT2D eigenvalue weighted by Crippen LogP contribution is 2.30. The molecule has 3 aromatic carbocycles. The summed E-state index contributed by atoms with van der Waals surface area (Å²) in [4.78, 5) is 50.7. The molecule has 0 bridgehead atoms. The van der Waals surface area contributed by atoms with Crippen molar-refractivity contribution in [3.05, 3.63) is 100 Å². The molecule has 0 fully saturated rings. The molecule has 4 rings (SSSR count). The van der Waals surface area contributed by atoms with E-state index in [9.17, 15) is 23.6 Å². The van der Waals surface area contributed by atoms with Gasteiger partial charge in [0, 0.05) is 5.69 Å². The zero-order valence-electron chi connectivity index (χ0n) is 18.8. The fourth-order valence-corrected chi connectivity index (χ4v) is 3.52. The number of anilines is 2. The highest BCUT2D eigenvalue weighted by molar-refractivity contribution is 6.53. The normalized spacial score (nSPS) is 13.1. The Kier molecular flexibility index (Phi) is 7.12. The Labute approximate surface area is 209 Å². The van der Waals surface area contributed by atoms with E-state index < -0.39 is 29.6 Å². The molecule has 0 spiro atoms. The second-order valence-corrected chi connectivity index (χ2v) is 7.83. The van der Waals surface area contributed by atoms with Crippen LogP contribution in [0.4, 0.5) is 15.8 Å². The molecule has 3 aromatic rings. The first kappa shape index (κ1) is 24.6. The maximum atomic E-state index is 13.0. The monoisotopic (exact) mass is 508 g/mol. The number of esters is 2. The molecular weight excluding hydrogens is 491 g/mol. The van der Waals surface area contributed by atoms with Gasteiger partial charge in [-0.2, -0.15) is 0 Å². The lowest BCUT2D eigenvalue weighted by molar-refractivity contribution is -0.120. The lowest BCUT2D eigenvalue weighted by Crippen LogP contribution is -2.32. The van der Waals surface area contributed by atoms with Crippen LogP contribution in [0, 0.1) is 5.82 Å². The molecular formula is C26H18ClFN2O6. The Morgan fingerprint density at radius 3 is 2.06 bits per heavy atom. The van der Waals surface area contributed by atoms with Gasteiger partial charge in [0.05, 0.1) is 23.4 Å². The lowest BCUT2D eigenvalue weighted by atomic mass is 10.2. The molecule has 182 valence electrons. The van der Waals surface area contributed by atoms with Crippen LogP contribution in [0.25, 0.3) is 0 Å². The molecule has 0 saturated carbocycles. The standard InChI is InChI=1S/C26H18ClFN2O6/c1-2-35-25(33)15-5-11-19(12-6-15)30-23(31)21(27)22(24(30)32)29-18-9-3-16(4-10-18)26(34)36-20-13-7-17(28)8-14-20/h3-14,29H,2H2,1H3. The van der Waals surface area contributed by atoms with E-state index in [0.717, 1.165) is 4.90 Å². The first-order chi connectivity index (χ1) is 17.3. The average molecular weight is 509 g/mol. The molecule has 0 unspecified atom stereocenters. The summed E-state index contributed by atoms with van der Waals surface area (Å²) in [5.74, 6) is -2.86. The van der Waals surface area contributed by atoms with E-state index >= 15 is 0 Å². The summed E-state index contributed by atoms with van der Waals surface area (Å²) >= 11 is 6.15. The quantitative estimate of drug-likeness (QED) is 0.281. The summed E-state index contributed by atoms with van der Waals surface area (Å²) in [7, 11) is 0. The zero-order chi connectivity index (χ0) is 25.8. The summed E-state index contributed by atoms with van der Waals surface area (Å²) in [5, 5.41) is 2.50. The van der Waals surface area contributed by atoms with E-state index in [0.29, 0.717) is 5.69 Å². The molecule has 36 heavy (non-hydrogen) atoms. The van der Waals surface area contributed by atoms with Crippen LogP contribution in [-0.4, -0.2) is 30.4 Å². The summed E-state index contributed by atoms with van der Waals surface area (Å²) in [6.07, 6.45) is 0. The molecule has 0 aromatic heterocycles. The van der Waals surface area contributed by atoms with Gasteiger partial charge in [-0.25, -0.2) is 18.9 Å². The molecule has 2 amide bonds. The van der Waals surface area contributed by atoms with Crippen molar-refractivity contribution in [2.75, 3.05) is 16.8 Å². The van der Waals surface area contributed by atoms with Gasteiger partial charge in [-0.15, -0.1) is 0 Å². The molecule has 1 N–H and O–H groups in total. The van der Waals surface area contributed by atoms with E-state index in [2.05, 4.69) is 5.32 Å². The second kappa shape index (κ2) is 10.4. The first-order valence-electron chi connectivity index (χ1n) is 10.7. The van der Waals surface area contributed by atoms with Crippen molar-refractivity contribution in [2.24, 2.45) is 0 Å². The SMILES string of the molecule is CCOC(=O)c1ccc(N2C(=O)C(Cl)=C(Nc3ccc(C(=O)Oc4ccc(F)cc4)cc3)C2=O)cc1. The molecule has 10 heteroatoms. The Balaban J connectivity index is 1.45. The average Bonchev–Trinajstić information content (AvgIpc) is 3.09. The maximum Gasteiger partial charge on any atom is 0.343 e. The molecule has 0 aliphatic carbocycles. The molecule has 1 aliphatic heterocycles. The van der Waals surface area contributed by atoms with Gasteiger partial charge in [0.1, 0.15) is 22.3 Å². The smallest absolute Gasteiger partial charge is 0.343 e. The number of hydrogen-bond donors (Lipinski definition) is 1. The Morgan fingerprint density at radius 1 is 0.861 bits per heavy atom. The van der Waals surface area contributed by atoms with Crippen molar-refractivity contribution in [3.8, 4) is 5.75 Å². The largest absolute Gasteiger partial charge is 0.462 e. The minimum absolute atomic E-state index is 0.141. The van der Waals surface area contributed by atoms with E-state index in [1.54, 1.807) is 6.92 Å². The van der Waals surface area contributed by atoms with Crippen molar-refractivity contribution in [1.29, 1.82) is 0 Å². The minimum atomic E-state index is -0.729. The fraction of sp³-hybridized carbons (Fsp3) is 0.0769. The van der Waals surface area contributed by atoms with Crippen LogP contribution in [0.1, 0.15) is 27.6 Å². The highest BCUT2D eigenvalue weighted by Gasteiger charge is 2.39. The molecule has 0 atom stereocenters. The third-order valence-electron chi connectivity index (χ3n) is 5.08. The van der Waals surface area contributed by atoms with Crippen LogP contribution in [0.3, 0.4) is 0 Å². The lowest BCUT2D eigenvalue weighted by Gasteiger charge is -2.15. The predicted octanol–water partition coefficient (Wildman–Crippen LogP) is 4.66. The van der Waals surface area contributed by atoms with Crippen molar-refractivity contribution < 1.29 is 33.0 Å². The zero-order valence-corrected chi connectivity index (χ0v) is 19.5. The van der Waals surface area contributed by atoms with Gasteiger partial charge in [-0.3, -0.25) is 9.59 Å². The molecule has 0 saturated heterocycles. The van der Waals surface area contributed by atoms with Crippen molar-refractivity contribution in [1.82, 2.24) is 0 Å². The van der Waals surface area contributed by atoms with E-state index in [4.69, 9.17) is 21.1 Å². The highest BCUT2D eigenvalue weighted by atomic mass is 35.5. The summed E-state index contributed by atoms with van der Waals surface area (Å²) < 4.78 is 23.1. The second-order valence-electron chi connectivity index (χ2n) is 7.45. The predicted molar refractivity (Wildman–Crippen MR) is 129 cm³/mol. The number of halogens is 2. The first-order valence-corrected chi connectivity index (χ1v) is 11.1. The van der Waals surface area contributed by atoms with Crippen LogP contribution in [-0.2, 0) is 14.3 Å². The number of hydrogen-bond acceptors (Lipinski definition) is 7. The van der Waals surface area contributed by atoms with E-state index in [1.165, 1.54) is 72.8 Å². The van der Waals surface area contributed by atoms with Crippen LogP contribution >= 0.6 is 11.6 Å². The Bertz CT molecular complexity index is 1370. The molecule has 1 aliphatic rings. The number of nitrogens with zero attached hydrogens (tertiary/aromatic N) is 1. The van der Waals surface area contributed by atoms with Crippen molar-refractivity contribution >= 4 is 46.7 Å². The van der Waals surface area contributed by atoms with E-state index in [1.807, 2.05) is 0 Å². The summed E-state index contributed by atoms with van der Waals surface area (Å²) in [5.41, 5.74) is 0.962. The number of rotatable bonds is 7. The van der Waals surface area contributed by atoms with Gasteiger partial charge in [-0.1, -0.05) is 11.6 Å². The number of benzene rings is 3. The van der Waals surface area contributed by atoms with Crippen LogP contribution in [0.2, 0.25) is 0 Å². The van der Waals surface area contributed by atoms with Gasteiger partial charge >= 0.3 is 11.9 Å². The summed E-state index contributed by atoms with van der Waals surface area (Å²) in [6.45, 7) is 1.90. The van der Waals surface area contributed by atoms with E-state index in [-0.39, 0.29) is 39.9 Å². The van der Waals surface area contributed by atoms with Gasteiger partial charge in [0.15, 0.2) is 0 Å². The van der Waals surface area contributed by atoms with Gasteiger partial charge < -0.3 is 14.8 Å². The fourth-order valence-electron chi connectivity index (χ4n) is 3.31. The molecule has 0 radical (unpaired) electrons. The Morgan fingerprint density at radius 2 is 1.44 bits per heavy atom. The van der Waals surface area contributed by atoms with Gasteiger partial charge in [0.25, 0.3) is 11.8 Å². The van der Waals surface area contributed by atoms with Crippen molar-refractivity contribution in [3.63, 3.8) is 0 Å². The van der Waals surface area contributed by atoms with Crippen LogP contribution in [0.15, 0.2) is 83.5 Å². The third-order valence-corrected chi connectivity index (χ3v) is 5.43. The Hall–Kier alpha value is -4.50. The van der Waals surface area contributed by atoms with Gasteiger partial charge in [-0.05, 0) is 79.7 Å². The number of ether oxygens (including phenoxy) is 2. The summed E-state index contributed by atoms with van der Waals surface area (Å²) in [6, 6.07) is 16.7. The van der Waals surface area contributed by atoms with Crippen molar-refractivity contribution in [2.45, 2.75) is 6.92 Å². The van der Waals surface area contributed by atoms with Gasteiger partial charge in [0.2, 0.25) is 0 Å². The number of carbonyl (C=O) groups is 4. The number of nitrogens with one attached hydrogen (secondary N) is 1. The molecule has 8 nitrogen and oxygen atoms in total. The number of imide groups is 1. The van der Waals surface area contributed by atoms with Crippen LogP contribution < -0.4 is 15.0 Å². The number of amides is 2. The number of carbonyl (C=O) groups excluding carboxylic acids is 4. The van der Waals surface area contributed by atoms with Crippen LogP contribution in [0.5, 0.6) is 5.75 Å². The maximum absolute atomic E-state index is 13.0. The third kappa shape index (κ3) is 5.11.